The molecule has 1 heterocycles. The summed E-state index contributed by atoms with van der Waals surface area (Å²) in [6, 6.07) is 0. The van der Waals surface area contributed by atoms with Gasteiger partial charge in [-0.2, -0.15) is 5.10 Å². The molecule has 0 bridgehead atoms. The van der Waals surface area contributed by atoms with Crippen molar-refractivity contribution in [3.05, 3.63) is 12.4 Å². The standard InChI is InChI=1S/C7H11ClN2O2S/c1-2-3-4-10-6-7(5-9-10)13(8,11)12/h5-6H,2-4H2,1H3. The molecule has 0 amide bonds. The van der Waals surface area contributed by atoms with Gasteiger partial charge in [-0.25, -0.2) is 8.42 Å². The Bertz CT molecular complexity index is 372. The molecule has 6 heteroatoms. The molecule has 74 valence electrons. The third-order valence-electron chi connectivity index (χ3n) is 1.63. The molecule has 0 aliphatic rings. The van der Waals surface area contributed by atoms with Crippen LogP contribution in [0.3, 0.4) is 0 Å². The van der Waals surface area contributed by atoms with Crippen molar-refractivity contribution in [1.29, 1.82) is 0 Å². The van der Waals surface area contributed by atoms with E-state index in [4.69, 9.17) is 10.7 Å². The first kappa shape index (κ1) is 10.5. The summed E-state index contributed by atoms with van der Waals surface area (Å²) in [5.41, 5.74) is 0. The van der Waals surface area contributed by atoms with Gasteiger partial charge in [0.25, 0.3) is 9.05 Å². The average molecular weight is 223 g/mol. The Morgan fingerprint density at radius 1 is 1.62 bits per heavy atom. The van der Waals surface area contributed by atoms with Crippen LogP contribution < -0.4 is 0 Å². The van der Waals surface area contributed by atoms with Crippen molar-refractivity contribution in [1.82, 2.24) is 9.78 Å². The first-order valence-corrected chi connectivity index (χ1v) is 6.32. The van der Waals surface area contributed by atoms with Gasteiger partial charge in [-0.3, -0.25) is 4.68 Å². The van der Waals surface area contributed by atoms with E-state index in [-0.39, 0.29) is 4.90 Å². The molecule has 0 aromatic carbocycles. The van der Waals surface area contributed by atoms with Crippen molar-refractivity contribution in [2.45, 2.75) is 31.2 Å². The van der Waals surface area contributed by atoms with E-state index >= 15 is 0 Å². The quantitative estimate of drug-likeness (QED) is 0.728. The SMILES string of the molecule is CCCCn1cc(S(=O)(=O)Cl)cn1. The Morgan fingerprint density at radius 2 is 2.31 bits per heavy atom. The molecule has 1 rings (SSSR count). The maximum Gasteiger partial charge on any atom is 0.264 e. The van der Waals surface area contributed by atoms with Gasteiger partial charge in [0, 0.05) is 23.4 Å². The second-order valence-electron chi connectivity index (χ2n) is 2.73. The van der Waals surface area contributed by atoms with Gasteiger partial charge >= 0.3 is 0 Å². The second kappa shape index (κ2) is 4.11. The fraction of sp³-hybridized carbons (Fsp3) is 0.571. The summed E-state index contributed by atoms with van der Waals surface area (Å²) in [6.07, 6.45) is 4.72. The van der Waals surface area contributed by atoms with Crippen LogP contribution in [0.2, 0.25) is 0 Å². The van der Waals surface area contributed by atoms with Crippen LogP contribution in [-0.2, 0) is 15.6 Å². The van der Waals surface area contributed by atoms with Crippen LogP contribution in [-0.4, -0.2) is 18.2 Å². The molecule has 0 N–H and O–H groups in total. The lowest BCUT2D eigenvalue weighted by Gasteiger charge is -1.96. The Labute approximate surface area is 81.9 Å². The highest BCUT2D eigenvalue weighted by Crippen LogP contribution is 2.13. The highest BCUT2D eigenvalue weighted by atomic mass is 35.7. The number of halogens is 1. The molecule has 0 atom stereocenters. The molecule has 0 unspecified atom stereocenters. The summed E-state index contributed by atoms with van der Waals surface area (Å²) >= 11 is 0. The summed E-state index contributed by atoms with van der Waals surface area (Å²) < 4.78 is 23.2. The van der Waals surface area contributed by atoms with E-state index in [0.29, 0.717) is 0 Å². The van der Waals surface area contributed by atoms with E-state index < -0.39 is 9.05 Å². The highest BCUT2D eigenvalue weighted by molar-refractivity contribution is 8.13. The summed E-state index contributed by atoms with van der Waals surface area (Å²) in [5, 5.41) is 3.87. The monoisotopic (exact) mass is 222 g/mol. The third kappa shape index (κ3) is 3.00. The fourth-order valence-electron chi connectivity index (χ4n) is 0.913. The molecule has 0 radical (unpaired) electrons. The van der Waals surface area contributed by atoms with Crippen molar-refractivity contribution in [3.8, 4) is 0 Å². The number of unbranched alkanes of at least 4 members (excludes halogenated alkanes) is 1. The van der Waals surface area contributed by atoms with Gasteiger partial charge in [0.1, 0.15) is 4.90 Å². The molecule has 13 heavy (non-hydrogen) atoms. The van der Waals surface area contributed by atoms with E-state index in [0.717, 1.165) is 19.4 Å². The van der Waals surface area contributed by atoms with Gasteiger partial charge < -0.3 is 0 Å². The molecule has 0 saturated heterocycles. The molecular weight excluding hydrogens is 212 g/mol. The van der Waals surface area contributed by atoms with Crippen LogP contribution in [0.5, 0.6) is 0 Å². The normalized spacial score (nSPS) is 11.8. The van der Waals surface area contributed by atoms with Crippen LogP contribution >= 0.6 is 10.7 Å². The summed E-state index contributed by atoms with van der Waals surface area (Å²) in [5.74, 6) is 0. The van der Waals surface area contributed by atoms with E-state index in [2.05, 4.69) is 12.0 Å². The van der Waals surface area contributed by atoms with Crippen molar-refractivity contribution < 1.29 is 8.42 Å². The zero-order valence-electron chi connectivity index (χ0n) is 7.27. The van der Waals surface area contributed by atoms with Crippen molar-refractivity contribution >= 4 is 19.7 Å². The van der Waals surface area contributed by atoms with Gasteiger partial charge in [-0.05, 0) is 6.42 Å². The van der Waals surface area contributed by atoms with Gasteiger partial charge in [0.2, 0.25) is 0 Å². The van der Waals surface area contributed by atoms with Crippen LogP contribution in [0, 0.1) is 0 Å². The summed E-state index contributed by atoms with van der Waals surface area (Å²) in [7, 11) is 1.51. The minimum Gasteiger partial charge on any atom is -0.271 e. The average Bonchev–Trinajstić information content (AvgIpc) is 2.47. The lowest BCUT2D eigenvalue weighted by molar-refractivity contribution is 0.570. The molecule has 0 aliphatic carbocycles. The summed E-state index contributed by atoms with van der Waals surface area (Å²) in [6.45, 7) is 2.78. The predicted molar refractivity (Wildman–Crippen MR) is 50.2 cm³/mol. The predicted octanol–water partition coefficient (Wildman–Crippen LogP) is 1.61. The van der Waals surface area contributed by atoms with E-state index in [1.165, 1.54) is 12.4 Å². The molecule has 1 aromatic heterocycles. The van der Waals surface area contributed by atoms with Crippen molar-refractivity contribution in [3.63, 3.8) is 0 Å². The minimum absolute atomic E-state index is 0.0604. The zero-order chi connectivity index (χ0) is 9.90. The van der Waals surface area contributed by atoms with Gasteiger partial charge in [-0.1, -0.05) is 13.3 Å². The van der Waals surface area contributed by atoms with Gasteiger partial charge in [0.05, 0.1) is 6.20 Å². The van der Waals surface area contributed by atoms with Crippen LogP contribution in [0.15, 0.2) is 17.3 Å². The number of rotatable bonds is 4. The summed E-state index contributed by atoms with van der Waals surface area (Å²) in [4.78, 5) is 0.0604. The Morgan fingerprint density at radius 3 is 2.77 bits per heavy atom. The Hall–Kier alpha value is -0.550. The zero-order valence-corrected chi connectivity index (χ0v) is 8.85. The molecule has 0 saturated carbocycles. The third-order valence-corrected chi connectivity index (χ3v) is 2.94. The number of hydrogen-bond acceptors (Lipinski definition) is 3. The van der Waals surface area contributed by atoms with E-state index in [1.54, 1.807) is 4.68 Å². The first-order valence-electron chi connectivity index (χ1n) is 4.01. The van der Waals surface area contributed by atoms with E-state index in [9.17, 15) is 8.42 Å². The van der Waals surface area contributed by atoms with Crippen LogP contribution in [0.1, 0.15) is 19.8 Å². The largest absolute Gasteiger partial charge is 0.271 e. The number of hydrogen-bond donors (Lipinski definition) is 0. The Kier molecular flexibility index (Phi) is 3.33. The minimum atomic E-state index is -3.62. The maximum absolute atomic E-state index is 10.8. The van der Waals surface area contributed by atoms with Crippen molar-refractivity contribution in [2.75, 3.05) is 0 Å². The van der Waals surface area contributed by atoms with Gasteiger partial charge in [-0.15, -0.1) is 0 Å². The molecule has 0 aliphatic heterocycles. The second-order valence-corrected chi connectivity index (χ2v) is 5.30. The smallest absolute Gasteiger partial charge is 0.264 e. The molecule has 4 nitrogen and oxygen atoms in total. The molecular formula is C7H11ClN2O2S. The van der Waals surface area contributed by atoms with E-state index in [1.807, 2.05) is 0 Å². The van der Waals surface area contributed by atoms with Crippen molar-refractivity contribution in [2.24, 2.45) is 0 Å². The highest BCUT2D eigenvalue weighted by Gasteiger charge is 2.11. The number of aromatic nitrogens is 2. The van der Waals surface area contributed by atoms with Crippen LogP contribution in [0.4, 0.5) is 0 Å². The topological polar surface area (TPSA) is 52.0 Å². The van der Waals surface area contributed by atoms with Gasteiger partial charge in [0.15, 0.2) is 0 Å². The van der Waals surface area contributed by atoms with Crippen LogP contribution in [0.25, 0.3) is 0 Å². The maximum atomic E-state index is 10.8. The fourth-order valence-corrected chi connectivity index (χ4v) is 1.57. The Balaban J connectivity index is 2.76. The molecule has 0 fully saturated rings. The lowest BCUT2D eigenvalue weighted by atomic mass is 10.3. The lowest BCUT2D eigenvalue weighted by Crippen LogP contribution is -1.97. The first-order chi connectivity index (χ1) is 6.04. The molecule has 0 spiro atoms. The molecule has 1 aromatic rings. The number of nitrogens with zero attached hydrogens (tertiary/aromatic N) is 2. The number of aryl methyl sites for hydroxylation is 1.